The van der Waals surface area contributed by atoms with Crippen molar-refractivity contribution in [3.05, 3.63) is 41.7 Å². The van der Waals surface area contributed by atoms with Crippen molar-refractivity contribution < 1.29 is 14.0 Å². The van der Waals surface area contributed by atoms with Crippen LogP contribution in [-0.4, -0.2) is 52.1 Å². The molecule has 0 aliphatic carbocycles. The molecular weight excluding hydrogens is 289 g/mol. The van der Waals surface area contributed by atoms with Crippen LogP contribution in [0.25, 0.3) is 5.69 Å². The Labute approximate surface area is 126 Å². The number of rotatable bonds is 4. The molecule has 0 spiro atoms. The summed E-state index contributed by atoms with van der Waals surface area (Å²) in [6.45, 7) is 1.55. The Morgan fingerprint density at radius 3 is 2.50 bits per heavy atom. The number of hydrogen-bond donors (Lipinski definition) is 1. The molecule has 0 saturated carbocycles. The summed E-state index contributed by atoms with van der Waals surface area (Å²) in [6, 6.07) is 5.67. The van der Waals surface area contributed by atoms with E-state index in [-0.39, 0.29) is 24.1 Å². The summed E-state index contributed by atoms with van der Waals surface area (Å²) in [5.74, 6) is -0.701. The number of nitrogens with one attached hydrogen (secondary N) is 1. The molecule has 0 fully saturated rings. The van der Waals surface area contributed by atoms with E-state index in [9.17, 15) is 14.0 Å². The predicted molar refractivity (Wildman–Crippen MR) is 77.1 cm³/mol. The number of hydrogen-bond acceptors (Lipinski definition) is 4. The van der Waals surface area contributed by atoms with Crippen molar-refractivity contribution >= 4 is 11.8 Å². The molecule has 1 aromatic heterocycles. The van der Waals surface area contributed by atoms with Gasteiger partial charge in [0.2, 0.25) is 11.7 Å². The van der Waals surface area contributed by atoms with Gasteiger partial charge >= 0.3 is 0 Å². The molecule has 7 nitrogen and oxygen atoms in total. The van der Waals surface area contributed by atoms with Gasteiger partial charge in [-0.1, -0.05) is 0 Å². The number of aryl methyl sites for hydroxylation is 1. The normalized spacial score (nSPS) is 10.4. The van der Waals surface area contributed by atoms with E-state index in [1.165, 1.54) is 33.8 Å². The molecule has 0 saturated heterocycles. The van der Waals surface area contributed by atoms with E-state index >= 15 is 0 Å². The summed E-state index contributed by atoms with van der Waals surface area (Å²) in [6.07, 6.45) is 0. The largest absolute Gasteiger partial charge is 0.347 e. The van der Waals surface area contributed by atoms with Gasteiger partial charge in [-0.2, -0.15) is 0 Å². The minimum Gasteiger partial charge on any atom is -0.347 e. The van der Waals surface area contributed by atoms with E-state index in [2.05, 4.69) is 15.4 Å². The Hall–Kier alpha value is -2.77. The molecule has 0 radical (unpaired) electrons. The SMILES string of the molecule is Cc1nc(C(=O)NCC(=O)N(C)C)nn1-c1ccc(F)cc1. The first-order chi connectivity index (χ1) is 10.4. The van der Waals surface area contributed by atoms with Crippen LogP contribution in [0, 0.1) is 12.7 Å². The number of benzene rings is 1. The quantitative estimate of drug-likeness (QED) is 0.893. The molecule has 0 aliphatic heterocycles. The maximum absolute atomic E-state index is 12.9. The van der Waals surface area contributed by atoms with Gasteiger partial charge < -0.3 is 10.2 Å². The molecule has 2 aromatic rings. The maximum atomic E-state index is 12.9. The minimum atomic E-state index is -0.542. The maximum Gasteiger partial charge on any atom is 0.291 e. The predicted octanol–water partition coefficient (Wildman–Crippen LogP) is 0.533. The molecule has 1 heterocycles. The smallest absolute Gasteiger partial charge is 0.291 e. The second kappa shape index (κ2) is 6.33. The van der Waals surface area contributed by atoms with E-state index in [1.807, 2.05) is 0 Å². The second-order valence-electron chi connectivity index (χ2n) is 4.84. The molecule has 116 valence electrons. The van der Waals surface area contributed by atoms with Gasteiger partial charge in [-0.05, 0) is 31.2 Å². The fourth-order valence-corrected chi connectivity index (χ4v) is 1.71. The Bertz CT molecular complexity index is 694. The van der Waals surface area contributed by atoms with Crippen LogP contribution in [0.2, 0.25) is 0 Å². The third kappa shape index (κ3) is 3.46. The van der Waals surface area contributed by atoms with Crippen LogP contribution in [0.1, 0.15) is 16.4 Å². The third-order valence-corrected chi connectivity index (χ3v) is 2.94. The van der Waals surface area contributed by atoms with Gasteiger partial charge in [-0.3, -0.25) is 9.59 Å². The highest BCUT2D eigenvalue weighted by atomic mass is 19.1. The third-order valence-electron chi connectivity index (χ3n) is 2.94. The number of carbonyl (C=O) groups excluding carboxylic acids is 2. The van der Waals surface area contributed by atoms with Crippen molar-refractivity contribution in [1.29, 1.82) is 0 Å². The second-order valence-corrected chi connectivity index (χ2v) is 4.84. The van der Waals surface area contributed by atoms with Gasteiger partial charge in [-0.15, -0.1) is 5.10 Å². The molecule has 2 rings (SSSR count). The summed E-state index contributed by atoms with van der Waals surface area (Å²) in [7, 11) is 3.19. The topological polar surface area (TPSA) is 80.1 Å². The van der Waals surface area contributed by atoms with E-state index in [0.717, 1.165) is 0 Å². The lowest BCUT2D eigenvalue weighted by Crippen LogP contribution is -2.36. The number of aromatic nitrogens is 3. The van der Waals surface area contributed by atoms with Gasteiger partial charge in [0, 0.05) is 14.1 Å². The van der Waals surface area contributed by atoms with Crippen molar-refractivity contribution in [2.24, 2.45) is 0 Å². The van der Waals surface area contributed by atoms with E-state index in [4.69, 9.17) is 0 Å². The lowest BCUT2D eigenvalue weighted by molar-refractivity contribution is -0.127. The first-order valence-electron chi connectivity index (χ1n) is 6.56. The first-order valence-corrected chi connectivity index (χ1v) is 6.56. The fourth-order valence-electron chi connectivity index (χ4n) is 1.71. The summed E-state index contributed by atoms with van der Waals surface area (Å²) in [4.78, 5) is 28.8. The van der Waals surface area contributed by atoms with Gasteiger partial charge in [-0.25, -0.2) is 14.1 Å². The Kier molecular flexibility index (Phi) is 4.50. The molecule has 22 heavy (non-hydrogen) atoms. The van der Waals surface area contributed by atoms with Crippen molar-refractivity contribution in [1.82, 2.24) is 25.0 Å². The number of likely N-dealkylation sites (N-methyl/N-ethyl adjacent to an activating group) is 1. The zero-order valence-electron chi connectivity index (χ0n) is 12.5. The lowest BCUT2D eigenvalue weighted by atomic mass is 10.3. The molecule has 0 atom stereocenters. The molecule has 1 N–H and O–H groups in total. The number of amides is 2. The number of carbonyl (C=O) groups is 2. The summed E-state index contributed by atoms with van der Waals surface area (Å²) < 4.78 is 14.4. The van der Waals surface area contributed by atoms with Crippen LogP contribution in [-0.2, 0) is 4.79 Å². The van der Waals surface area contributed by atoms with Crippen LogP contribution in [0.5, 0.6) is 0 Å². The van der Waals surface area contributed by atoms with Gasteiger partial charge in [0.15, 0.2) is 0 Å². The number of nitrogens with zero attached hydrogens (tertiary/aromatic N) is 4. The highest BCUT2D eigenvalue weighted by Crippen LogP contribution is 2.10. The minimum absolute atomic E-state index is 0.0478. The van der Waals surface area contributed by atoms with Gasteiger partial charge in [0.25, 0.3) is 5.91 Å². The molecule has 0 aliphatic rings. The van der Waals surface area contributed by atoms with Gasteiger partial charge in [0.05, 0.1) is 12.2 Å². The first kappa shape index (κ1) is 15.6. The van der Waals surface area contributed by atoms with Crippen molar-refractivity contribution in [3.8, 4) is 5.69 Å². The van der Waals surface area contributed by atoms with Crippen LogP contribution in [0.15, 0.2) is 24.3 Å². The highest BCUT2D eigenvalue weighted by Gasteiger charge is 2.16. The zero-order chi connectivity index (χ0) is 16.3. The van der Waals surface area contributed by atoms with Crippen molar-refractivity contribution in [2.75, 3.05) is 20.6 Å². The average molecular weight is 305 g/mol. The standard InChI is InChI=1S/C14H16FN5O2/c1-9-17-13(14(22)16-8-12(21)19(2)3)18-20(9)11-6-4-10(15)5-7-11/h4-7H,8H2,1-3H3,(H,16,22). The summed E-state index contributed by atoms with van der Waals surface area (Å²) in [5.41, 5.74) is 0.592. The lowest BCUT2D eigenvalue weighted by Gasteiger charge is -2.09. The van der Waals surface area contributed by atoms with E-state index in [0.29, 0.717) is 11.5 Å². The Morgan fingerprint density at radius 1 is 1.27 bits per heavy atom. The molecule has 8 heteroatoms. The highest BCUT2D eigenvalue weighted by molar-refractivity contribution is 5.93. The average Bonchev–Trinajstić information content (AvgIpc) is 2.87. The van der Waals surface area contributed by atoms with Crippen LogP contribution in [0.3, 0.4) is 0 Å². The molecule has 2 amide bonds. The molecule has 0 unspecified atom stereocenters. The summed E-state index contributed by atoms with van der Waals surface area (Å²) in [5, 5.41) is 6.53. The summed E-state index contributed by atoms with van der Waals surface area (Å²) >= 11 is 0. The fraction of sp³-hybridized carbons (Fsp3) is 0.286. The van der Waals surface area contributed by atoms with Crippen LogP contribution < -0.4 is 5.32 Å². The van der Waals surface area contributed by atoms with Crippen molar-refractivity contribution in [3.63, 3.8) is 0 Å². The Morgan fingerprint density at radius 2 is 1.91 bits per heavy atom. The van der Waals surface area contributed by atoms with E-state index in [1.54, 1.807) is 21.0 Å². The molecule has 1 aromatic carbocycles. The van der Waals surface area contributed by atoms with Crippen LogP contribution >= 0.6 is 0 Å². The van der Waals surface area contributed by atoms with E-state index < -0.39 is 5.91 Å². The van der Waals surface area contributed by atoms with Crippen molar-refractivity contribution in [2.45, 2.75) is 6.92 Å². The Balaban J connectivity index is 2.14. The number of halogens is 1. The monoisotopic (exact) mass is 305 g/mol. The molecule has 0 bridgehead atoms. The zero-order valence-corrected chi connectivity index (χ0v) is 12.5. The molecular formula is C14H16FN5O2. The van der Waals surface area contributed by atoms with Crippen LogP contribution in [0.4, 0.5) is 4.39 Å². The van der Waals surface area contributed by atoms with Gasteiger partial charge in [0.1, 0.15) is 11.6 Å².